The van der Waals surface area contributed by atoms with Crippen LogP contribution in [0.15, 0.2) is 60.0 Å². The lowest BCUT2D eigenvalue weighted by Crippen LogP contribution is -2.39. The van der Waals surface area contributed by atoms with Gasteiger partial charge >= 0.3 is 5.97 Å². The smallest absolute Gasteiger partial charge is 0.319 e. The molecule has 40 heavy (non-hydrogen) atoms. The number of hydrogen-bond donors (Lipinski definition) is 2. The summed E-state index contributed by atoms with van der Waals surface area (Å²) >= 11 is 6.48. The Balaban J connectivity index is 1.51. The van der Waals surface area contributed by atoms with Gasteiger partial charge in [-0.05, 0) is 62.6 Å². The third-order valence-electron chi connectivity index (χ3n) is 7.51. The molecular weight excluding hydrogens is 534 g/mol. The first-order valence-corrected chi connectivity index (χ1v) is 13.5. The van der Waals surface area contributed by atoms with Crippen molar-refractivity contribution in [1.29, 1.82) is 10.9 Å². The molecule has 2 N–H and O–H groups in total. The summed E-state index contributed by atoms with van der Waals surface area (Å²) < 4.78 is 25.5. The molecule has 5 rings (SSSR count). The van der Waals surface area contributed by atoms with E-state index in [-0.39, 0.29) is 19.0 Å². The van der Waals surface area contributed by atoms with Crippen LogP contribution < -0.4 is 9.47 Å². The Labute approximate surface area is 237 Å². The van der Waals surface area contributed by atoms with Gasteiger partial charge in [-0.15, -0.1) is 0 Å². The fourth-order valence-corrected chi connectivity index (χ4v) is 5.52. The maximum absolute atomic E-state index is 12.6. The molecule has 0 bridgehead atoms. The standard InChI is InChI=1S/C29H32ClN5O5/c1-4-39-28(36)29(13-14-29)27(31)35(33-32)16-12-23-22-8-6-15-34(22)21-11-10-18(30)17-20(21)25(40-23)19-7-5-9-24(37-2)26(19)38-3/h5-11,15,17,23,25,31-32H,4,12-14,16H2,1-3H3/t23-,25-/m1/s1. The highest BCUT2D eigenvalue weighted by atomic mass is 35.5. The summed E-state index contributed by atoms with van der Waals surface area (Å²) in [5, 5.41) is 14.2. The summed E-state index contributed by atoms with van der Waals surface area (Å²) in [5.41, 5.74) is 10.2. The monoisotopic (exact) mass is 565 g/mol. The Morgan fingerprint density at radius 1 is 1.18 bits per heavy atom. The highest BCUT2D eigenvalue weighted by Gasteiger charge is 2.57. The second-order valence-corrected chi connectivity index (χ2v) is 10.2. The van der Waals surface area contributed by atoms with Crippen LogP contribution in [0.25, 0.3) is 5.69 Å². The Morgan fingerprint density at radius 3 is 2.65 bits per heavy atom. The van der Waals surface area contributed by atoms with Crippen molar-refractivity contribution in [3.05, 3.63) is 76.6 Å². The number of methoxy groups -OCH3 is 2. The summed E-state index contributed by atoms with van der Waals surface area (Å²) in [7, 11) is 3.18. The highest BCUT2D eigenvalue weighted by Crippen LogP contribution is 2.49. The van der Waals surface area contributed by atoms with E-state index in [1.54, 1.807) is 21.1 Å². The van der Waals surface area contributed by atoms with Gasteiger partial charge in [-0.1, -0.05) is 29.0 Å². The van der Waals surface area contributed by atoms with Gasteiger partial charge in [-0.25, -0.2) is 5.01 Å². The maximum Gasteiger partial charge on any atom is 0.319 e. The van der Waals surface area contributed by atoms with Crippen LogP contribution in [0.4, 0.5) is 0 Å². The topological polar surface area (TPSA) is 122 Å². The van der Waals surface area contributed by atoms with Crippen LogP contribution in [0.1, 0.15) is 55.2 Å². The van der Waals surface area contributed by atoms with Crippen LogP contribution in [0.2, 0.25) is 5.02 Å². The molecule has 0 saturated heterocycles. The minimum Gasteiger partial charge on any atom is -0.493 e. The molecule has 2 atom stereocenters. The molecule has 0 unspecified atom stereocenters. The summed E-state index contributed by atoms with van der Waals surface area (Å²) in [5.74, 6) is 0.673. The van der Waals surface area contributed by atoms with Crippen molar-refractivity contribution in [2.45, 2.75) is 38.4 Å². The van der Waals surface area contributed by atoms with Gasteiger partial charge in [-0.2, -0.15) is 5.53 Å². The van der Waals surface area contributed by atoms with Crippen molar-refractivity contribution in [3.8, 4) is 17.2 Å². The highest BCUT2D eigenvalue weighted by molar-refractivity contribution is 6.30. The largest absolute Gasteiger partial charge is 0.493 e. The summed E-state index contributed by atoms with van der Waals surface area (Å²) in [6, 6.07) is 15.3. The van der Waals surface area contributed by atoms with Crippen molar-refractivity contribution in [3.63, 3.8) is 0 Å². The third-order valence-corrected chi connectivity index (χ3v) is 7.74. The molecule has 0 spiro atoms. The van der Waals surface area contributed by atoms with Crippen LogP contribution in [0.5, 0.6) is 11.5 Å². The molecule has 0 radical (unpaired) electrons. The van der Waals surface area contributed by atoms with Gasteiger partial charge in [0.25, 0.3) is 0 Å². The molecule has 2 heterocycles. The molecule has 1 saturated carbocycles. The van der Waals surface area contributed by atoms with Crippen molar-refractivity contribution in [2.75, 3.05) is 27.4 Å². The van der Waals surface area contributed by atoms with Crippen molar-refractivity contribution >= 4 is 23.4 Å². The lowest BCUT2D eigenvalue weighted by molar-refractivity contribution is -0.147. The minimum absolute atomic E-state index is 0.0222. The Kier molecular flexibility index (Phi) is 7.82. The zero-order valence-electron chi connectivity index (χ0n) is 22.6. The number of aromatic nitrogens is 1. The molecule has 1 aliphatic carbocycles. The number of carbonyl (C=O) groups excluding carboxylic acids is 1. The zero-order valence-corrected chi connectivity index (χ0v) is 23.4. The van der Waals surface area contributed by atoms with Crippen LogP contribution in [-0.2, 0) is 14.3 Å². The fraction of sp³-hybridized carbons (Fsp3) is 0.379. The number of fused-ring (bicyclic) bond motifs is 3. The van der Waals surface area contributed by atoms with Crippen molar-refractivity contribution in [2.24, 2.45) is 10.6 Å². The normalized spacial score (nSPS) is 18.5. The third kappa shape index (κ3) is 4.82. The lowest BCUT2D eigenvalue weighted by atomic mass is 9.98. The van der Waals surface area contributed by atoms with Gasteiger partial charge in [0.2, 0.25) is 0 Å². The first-order valence-electron chi connectivity index (χ1n) is 13.1. The molecular formula is C29H32ClN5O5. The predicted molar refractivity (Wildman–Crippen MR) is 148 cm³/mol. The van der Waals surface area contributed by atoms with E-state index in [0.717, 1.165) is 22.5 Å². The fourth-order valence-electron chi connectivity index (χ4n) is 5.34. The van der Waals surface area contributed by atoms with Gasteiger partial charge in [0.05, 0.1) is 32.2 Å². The van der Waals surface area contributed by atoms with Crippen LogP contribution >= 0.6 is 11.6 Å². The van der Waals surface area contributed by atoms with Crippen molar-refractivity contribution in [1.82, 2.24) is 9.58 Å². The molecule has 10 nitrogen and oxygen atoms in total. The van der Waals surface area contributed by atoms with Gasteiger partial charge in [-0.3, -0.25) is 10.2 Å². The molecule has 210 valence electrons. The first-order chi connectivity index (χ1) is 19.4. The molecule has 2 aliphatic rings. The van der Waals surface area contributed by atoms with Crippen molar-refractivity contribution < 1.29 is 23.7 Å². The van der Waals surface area contributed by atoms with Gasteiger partial charge < -0.3 is 23.5 Å². The minimum atomic E-state index is -1.03. The molecule has 1 fully saturated rings. The summed E-state index contributed by atoms with van der Waals surface area (Å²) in [6.45, 7) is 2.17. The molecule has 1 aromatic heterocycles. The van der Waals surface area contributed by atoms with E-state index in [2.05, 4.69) is 9.79 Å². The number of rotatable bonds is 10. The molecule has 1 aliphatic heterocycles. The SMILES string of the molecule is CCOC(=O)C1(C(=N)N(CC[C@H]2O[C@H](c3cccc(OC)c3OC)c3cc(Cl)ccc3-n3cccc32)N=N)CC1. The Bertz CT molecular complexity index is 1440. The van der Waals surface area contributed by atoms with E-state index in [0.29, 0.717) is 35.8 Å². The number of esters is 1. The number of carbonyl (C=O) groups is 1. The molecule has 3 aromatic rings. The Morgan fingerprint density at radius 2 is 1.98 bits per heavy atom. The predicted octanol–water partition coefficient (Wildman–Crippen LogP) is 6.27. The maximum atomic E-state index is 12.6. The van der Waals surface area contributed by atoms with E-state index in [9.17, 15) is 4.79 Å². The van der Waals surface area contributed by atoms with E-state index >= 15 is 0 Å². The van der Waals surface area contributed by atoms with Gasteiger partial charge in [0.1, 0.15) is 23.5 Å². The average Bonchev–Trinajstić information content (AvgIpc) is 3.67. The van der Waals surface area contributed by atoms with E-state index in [1.165, 1.54) is 5.01 Å². The van der Waals surface area contributed by atoms with Gasteiger partial charge in [0, 0.05) is 28.9 Å². The summed E-state index contributed by atoms with van der Waals surface area (Å²) in [4.78, 5) is 12.6. The van der Waals surface area contributed by atoms with E-state index in [4.69, 9.17) is 41.5 Å². The van der Waals surface area contributed by atoms with Crippen LogP contribution in [0, 0.1) is 16.4 Å². The number of para-hydroxylation sites is 1. The molecule has 0 amide bonds. The van der Waals surface area contributed by atoms with E-state index < -0.39 is 23.6 Å². The number of nitrogens with one attached hydrogen (secondary N) is 2. The number of hydrogen-bond acceptors (Lipinski definition) is 8. The van der Waals surface area contributed by atoms with Crippen LogP contribution in [-0.4, -0.2) is 48.8 Å². The average molecular weight is 566 g/mol. The van der Waals surface area contributed by atoms with Gasteiger partial charge in [0.15, 0.2) is 11.5 Å². The quantitative estimate of drug-likeness (QED) is 0.0982. The number of ether oxygens (including phenoxy) is 4. The number of halogens is 1. The van der Waals surface area contributed by atoms with E-state index in [1.807, 2.05) is 54.7 Å². The second kappa shape index (κ2) is 11.3. The number of nitrogens with zero attached hydrogens (tertiary/aromatic N) is 3. The lowest BCUT2D eigenvalue weighted by Gasteiger charge is -2.28. The number of benzene rings is 2. The first kappa shape index (κ1) is 27.7. The zero-order chi connectivity index (χ0) is 28.4. The Hall–Kier alpha value is -3.89. The molecule has 11 heteroatoms. The van der Waals surface area contributed by atoms with Crippen LogP contribution in [0.3, 0.4) is 0 Å². The number of amidine groups is 1. The second-order valence-electron chi connectivity index (χ2n) is 9.76. The molecule has 2 aromatic carbocycles. The summed E-state index contributed by atoms with van der Waals surface area (Å²) in [6.07, 6.45) is 2.34.